The second-order valence-corrected chi connectivity index (χ2v) is 9.26. The van der Waals surface area contributed by atoms with E-state index in [1.165, 1.54) is 0 Å². The van der Waals surface area contributed by atoms with E-state index >= 15 is 0 Å². The van der Waals surface area contributed by atoms with Crippen molar-refractivity contribution in [1.82, 2.24) is 9.29 Å². The quantitative estimate of drug-likeness (QED) is 0.792. The van der Waals surface area contributed by atoms with E-state index < -0.39 is 10.0 Å². The fourth-order valence-electron chi connectivity index (χ4n) is 3.41. The van der Waals surface area contributed by atoms with Gasteiger partial charge in [0.2, 0.25) is 10.0 Å². The van der Waals surface area contributed by atoms with Gasteiger partial charge in [-0.15, -0.1) is 0 Å². The highest BCUT2D eigenvalue weighted by Crippen LogP contribution is 2.35. The van der Waals surface area contributed by atoms with Crippen LogP contribution >= 0.6 is 0 Å². The average molecular weight is 388 g/mol. The van der Waals surface area contributed by atoms with Crippen molar-refractivity contribution in [3.05, 3.63) is 53.7 Å². The Morgan fingerprint density at radius 1 is 1.19 bits per heavy atom. The van der Waals surface area contributed by atoms with Crippen LogP contribution in [0.5, 0.6) is 0 Å². The number of benzene rings is 1. The van der Waals surface area contributed by atoms with Gasteiger partial charge < -0.3 is 5.32 Å². The molecule has 2 heterocycles. The molecular formula is C21H29N3O2S. The smallest absolute Gasteiger partial charge is 0.243 e. The summed E-state index contributed by atoms with van der Waals surface area (Å²) in [6.07, 6.45) is 5.58. The van der Waals surface area contributed by atoms with Crippen LogP contribution < -0.4 is 5.32 Å². The molecule has 0 saturated carbocycles. The molecule has 3 rings (SSSR count). The molecule has 0 spiro atoms. The van der Waals surface area contributed by atoms with E-state index in [0.29, 0.717) is 17.5 Å². The normalized spacial score (nSPS) is 19.6. The van der Waals surface area contributed by atoms with Crippen LogP contribution in [0.15, 0.2) is 47.5 Å². The van der Waals surface area contributed by atoms with Crippen LogP contribution in [0.1, 0.15) is 56.7 Å². The second-order valence-electron chi connectivity index (χ2n) is 7.37. The topological polar surface area (TPSA) is 62.3 Å². The number of nitrogens with zero attached hydrogens (tertiary/aromatic N) is 2. The van der Waals surface area contributed by atoms with Crippen molar-refractivity contribution in [1.29, 1.82) is 0 Å². The van der Waals surface area contributed by atoms with Crippen molar-refractivity contribution in [2.75, 3.05) is 11.9 Å². The molecule has 6 heteroatoms. The zero-order chi connectivity index (χ0) is 19.4. The number of nitrogens with one attached hydrogen (secondary N) is 1. The fraction of sp³-hybridized carbons (Fsp3) is 0.476. The van der Waals surface area contributed by atoms with Gasteiger partial charge in [0.15, 0.2) is 0 Å². The number of aromatic nitrogens is 1. The molecule has 2 atom stereocenters. The third-order valence-electron chi connectivity index (χ3n) is 5.26. The van der Waals surface area contributed by atoms with E-state index in [1.807, 2.05) is 37.4 Å². The predicted octanol–water partition coefficient (Wildman–Crippen LogP) is 4.52. The van der Waals surface area contributed by atoms with Crippen molar-refractivity contribution in [2.24, 2.45) is 0 Å². The van der Waals surface area contributed by atoms with Crippen molar-refractivity contribution in [3.63, 3.8) is 0 Å². The molecule has 1 aliphatic heterocycles. The van der Waals surface area contributed by atoms with Gasteiger partial charge in [-0.1, -0.05) is 37.1 Å². The molecule has 0 bridgehead atoms. The molecule has 27 heavy (non-hydrogen) atoms. The molecule has 1 N–H and O–H groups in total. The van der Waals surface area contributed by atoms with Gasteiger partial charge in [-0.05, 0) is 56.9 Å². The molecule has 146 valence electrons. The van der Waals surface area contributed by atoms with Crippen LogP contribution in [0.25, 0.3) is 0 Å². The molecule has 0 unspecified atom stereocenters. The standard InChI is InChI=1S/C21H29N3O2S/c1-4-17(3)23-21-13-10-18(15-22-21)20-7-5-6-14-24(20)27(25,26)19-11-8-16(2)9-12-19/h8-13,15,17,20H,4-7,14H2,1-3H3,(H,22,23)/t17-,20-/m1/s1. The Labute approximate surface area is 162 Å². The lowest BCUT2D eigenvalue weighted by molar-refractivity contribution is 0.255. The highest BCUT2D eigenvalue weighted by Gasteiger charge is 2.34. The zero-order valence-corrected chi connectivity index (χ0v) is 17.2. The summed E-state index contributed by atoms with van der Waals surface area (Å²) in [5, 5.41) is 3.35. The van der Waals surface area contributed by atoms with Gasteiger partial charge in [-0.2, -0.15) is 4.31 Å². The highest BCUT2D eigenvalue weighted by atomic mass is 32.2. The number of anilines is 1. The average Bonchev–Trinajstić information content (AvgIpc) is 2.69. The number of aryl methyl sites for hydroxylation is 1. The summed E-state index contributed by atoms with van der Waals surface area (Å²) in [6.45, 7) is 6.75. The van der Waals surface area contributed by atoms with E-state index in [2.05, 4.69) is 24.1 Å². The van der Waals surface area contributed by atoms with Gasteiger partial charge in [-0.25, -0.2) is 13.4 Å². The van der Waals surface area contributed by atoms with Crippen LogP contribution in [0, 0.1) is 6.92 Å². The SMILES string of the molecule is CC[C@@H](C)Nc1ccc([C@H]2CCCCN2S(=O)(=O)c2ccc(C)cc2)cn1. The van der Waals surface area contributed by atoms with Crippen molar-refractivity contribution < 1.29 is 8.42 Å². The van der Waals surface area contributed by atoms with Crippen molar-refractivity contribution in [3.8, 4) is 0 Å². The Hall–Kier alpha value is -1.92. The number of sulfonamides is 1. The summed E-state index contributed by atoms with van der Waals surface area (Å²) in [5.74, 6) is 0.830. The van der Waals surface area contributed by atoms with Crippen LogP contribution in [0.2, 0.25) is 0 Å². The number of pyridine rings is 1. The van der Waals surface area contributed by atoms with Gasteiger partial charge >= 0.3 is 0 Å². The third-order valence-corrected chi connectivity index (χ3v) is 7.18. The van der Waals surface area contributed by atoms with Crippen molar-refractivity contribution >= 4 is 15.8 Å². The zero-order valence-electron chi connectivity index (χ0n) is 16.4. The first-order valence-electron chi connectivity index (χ1n) is 9.73. The molecule has 1 saturated heterocycles. The summed E-state index contributed by atoms with van der Waals surface area (Å²) < 4.78 is 28.1. The largest absolute Gasteiger partial charge is 0.368 e. The lowest BCUT2D eigenvalue weighted by Gasteiger charge is -2.35. The molecule has 1 aromatic heterocycles. The summed E-state index contributed by atoms with van der Waals surface area (Å²) in [4.78, 5) is 4.87. The van der Waals surface area contributed by atoms with Gasteiger partial charge in [0.1, 0.15) is 5.82 Å². The Bertz CT molecular complexity index is 848. The maximum absolute atomic E-state index is 13.2. The van der Waals surface area contributed by atoms with E-state index in [9.17, 15) is 8.42 Å². The Morgan fingerprint density at radius 3 is 2.56 bits per heavy atom. The van der Waals surface area contributed by atoms with Gasteiger partial charge in [-0.3, -0.25) is 0 Å². The fourth-order valence-corrected chi connectivity index (χ4v) is 5.10. The predicted molar refractivity (Wildman–Crippen MR) is 109 cm³/mol. The Balaban J connectivity index is 1.86. The molecule has 2 aromatic rings. The minimum Gasteiger partial charge on any atom is -0.368 e. The van der Waals surface area contributed by atoms with Crippen LogP contribution in [0.4, 0.5) is 5.82 Å². The summed E-state index contributed by atoms with van der Waals surface area (Å²) >= 11 is 0. The van der Waals surface area contributed by atoms with E-state index in [4.69, 9.17) is 0 Å². The van der Waals surface area contributed by atoms with Gasteiger partial charge in [0.05, 0.1) is 10.9 Å². The van der Waals surface area contributed by atoms with E-state index in [1.54, 1.807) is 16.4 Å². The number of rotatable bonds is 6. The van der Waals surface area contributed by atoms with Gasteiger partial charge in [0, 0.05) is 18.8 Å². The van der Waals surface area contributed by atoms with E-state index in [-0.39, 0.29) is 6.04 Å². The Kier molecular flexibility index (Phi) is 6.17. The summed E-state index contributed by atoms with van der Waals surface area (Å²) in [7, 11) is -3.52. The lowest BCUT2D eigenvalue weighted by Crippen LogP contribution is -2.38. The summed E-state index contributed by atoms with van der Waals surface area (Å²) in [5.41, 5.74) is 2.01. The Morgan fingerprint density at radius 2 is 1.93 bits per heavy atom. The molecule has 1 aliphatic rings. The van der Waals surface area contributed by atoms with Gasteiger partial charge in [0.25, 0.3) is 0 Å². The lowest BCUT2D eigenvalue weighted by atomic mass is 9.99. The molecule has 0 amide bonds. The minimum atomic E-state index is -3.52. The maximum Gasteiger partial charge on any atom is 0.243 e. The first kappa shape index (κ1) is 19.8. The second kappa shape index (κ2) is 8.40. The highest BCUT2D eigenvalue weighted by molar-refractivity contribution is 7.89. The molecular weight excluding hydrogens is 358 g/mol. The first-order valence-corrected chi connectivity index (χ1v) is 11.2. The minimum absolute atomic E-state index is 0.157. The molecule has 0 aliphatic carbocycles. The monoisotopic (exact) mass is 387 g/mol. The number of hydrogen-bond acceptors (Lipinski definition) is 4. The van der Waals surface area contributed by atoms with E-state index in [0.717, 1.165) is 42.6 Å². The summed E-state index contributed by atoms with van der Waals surface area (Å²) in [6, 6.07) is 11.3. The molecule has 5 nitrogen and oxygen atoms in total. The molecule has 1 aromatic carbocycles. The third kappa shape index (κ3) is 4.50. The number of hydrogen-bond donors (Lipinski definition) is 1. The molecule has 0 radical (unpaired) electrons. The first-order chi connectivity index (χ1) is 12.9. The van der Waals surface area contributed by atoms with Crippen LogP contribution in [-0.4, -0.2) is 30.3 Å². The van der Waals surface area contributed by atoms with Crippen LogP contribution in [0.3, 0.4) is 0 Å². The van der Waals surface area contributed by atoms with Crippen LogP contribution in [-0.2, 0) is 10.0 Å². The maximum atomic E-state index is 13.2. The molecule has 1 fully saturated rings. The number of piperidine rings is 1. The van der Waals surface area contributed by atoms with Crippen molar-refractivity contribution in [2.45, 2.75) is 63.4 Å².